The summed E-state index contributed by atoms with van der Waals surface area (Å²) in [7, 11) is 0. The molecule has 0 aliphatic carbocycles. The number of ether oxygens (including phenoxy) is 1. The van der Waals surface area contributed by atoms with Crippen LogP contribution in [-0.2, 0) is 20.7 Å². The third kappa shape index (κ3) is 12.3. The van der Waals surface area contributed by atoms with Gasteiger partial charge in [0.05, 0.1) is 0 Å². The summed E-state index contributed by atoms with van der Waals surface area (Å²) in [6, 6.07) is 7.90. The molecule has 0 radical (unpaired) electrons. The Morgan fingerprint density at radius 2 is 1.46 bits per heavy atom. The van der Waals surface area contributed by atoms with Crippen molar-refractivity contribution >= 4 is 33.8 Å². The SMILES string of the molecule is CC(C)(C)OC(=O)NCCC(=O)NCCCNC(=O)CCc1ccc(Br)cc1. The fraction of sp³-hybridized carbons (Fsp3) is 0.550. The summed E-state index contributed by atoms with van der Waals surface area (Å²) >= 11 is 3.38. The van der Waals surface area contributed by atoms with Gasteiger partial charge >= 0.3 is 6.09 Å². The zero-order valence-electron chi connectivity index (χ0n) is 16.8. The summed E-state index contributed by atoms with van der Waals surface area (Å²) < 4.78 is 6.10. The van der Waals surface area contributed by atoms with Gasteiger partial charge in [0.2, 0.25) is 11.8 Å². The van der Waals surface area contributed by atoms with E-state index in [4.69, 9.17) is 4.74 Å². The van der Waals surface area contributed by atoms with E-state index >= 15 is 0 Å². The molecular weight excluding hydrogens is 426 g/mol. The molecule has 0 bridgehead atoms. The summed E-state index contributed by atoms with van der Waals surface area (Å²) in [5.41, 5.74) is 0.556. The summed E-state index contributed by atoms with van der Waals surface area (Å²) in [4.78, 5) is 35.0. The first-order valence-electron chi connectivity index (χ1n) is 9.40. The van der Waals surface area contributed by atoms with Crippen molar-refractivity contribution in [3.05, 3.63) is 34.3 Å². The number of amides is 3. The van der Waals surface area contributed by atoms with E-state index < -0.39 is 11.7 Å². The third-order valence-electron chi connectivity index (χ3n) is 3.57. The van der Waals surface area contributed by atoms with Crippen molar-refractivity contribution in [2.24, 2.45) is 0 Å². The van der Waals surface area contributed by atoms with Crippen molar-refractivity contribution in [1.29, 1.82) is 0 Å². The number of aryl methyl sites for hydroxylation is 1. The van der Waals surface area contributed by atoms with Gasteiger partial charge in [0.25, 0.3) is 0 Å². The van der Waals surface area contributed by atoms with Crippen LogP contribution in [0.25, 0.3) is 0 Å². The van der Waals surface area contributed by atoms with Crippen LogP contribution in [-0.4, -0.2) is 43.1 Å². The van der Waals surface area contributed by atoms with Gasteiger partial charge in [-0.15, -0.1) is 0 Å². The lowest BCUT2D eigenvalue weighted by Crippen LogP contribution is -2.35. The quantitative estimate of drug-likeness (QED) is 0.472. The first-order chi connectivity index (χ1) is 13.2. The Morgan fingerprint density at radius 1 is 0.893 bits per heavy atom. The number of rotatable bonds is 10. The molecule has 1 rings (SSSR count). The van der Waals surface area contributed by atoms with E-state index in [0.29, 0.717) is 32.4 Å². The Kier molecular flexibility index (Phi) is 10.6. The molecule has 1 aromatic carbocycles. The second-order valence-corrected chi connectivity index (χ2v) is 8.27. The summed E-state index contributed by atoms with van der Waals surface area (Å²) in [6.07, 6.45) is 1.42. The maximum atomic E-state index is 11.8. The Hall–Kier alpha value is -2.09. The maximum Gasteiger partial charge on any atom is 0.407 e. The van der Waals surface area contributed by atoms with Gasteiger partial charge in [-0.2, -0.15) is 0 Å². The molecule has 1 aromatic rings. The molecule has 0 aliphatic heterocycles. The van der Waals surface area contributed by atoms with Gasteiger partial charge in [0, 0.05) is 36.9 Å². The molecule has 3 N–H and O–H groups in total. The van der Waals surface area contributed by atoms with Crippen molar-refractivity contribution in [2.75, 3.05) is 19.6 Å². The van der Waals surface area contributed by atoms with Gasteiger partial charge in [0.1, 0.15) is 5.60 Å². The molecule has 3 amide bonds. The molecule has 0 aliphatic rings. The van der Waals surface area contributed by atoms with Gasteiger partial charge in [-0.3, -0.25) is 9.59 Å². The minimum atomic E-state index is -0.560. The van der Waals surface area contributed by atoms with Crippen LogP contribution >= 0.6 is 15.9 Å². The minimum Gasteiger partial charge on any atom is -0.444 e. The predicted molar refractivity (Wildman–Crippen MR) is 112 cm³/mol. The zero-order chi connectivity index (χ0) is 21.0. The van der Waals surface area contributed by atoms with Crippen LogP contribution in [0.15, 0.2) is 28.7 Å². The number of benzene rings is 1. The lowest BCUT2D eigenvalue weighted by Gasteiger charge is -2.19. The number of carbonyl (C=O) groups excluding carboxylic acids is 3. The van der Waals surface area contributed by atoms with Gasteiger partial charge in [-0.25, -0.2) is 4.79 Å². The Morgan fingerprint density at radius 3 is 2.04 bits per heavy atom. The predicted octanol–water partition coefficient (Wildman–Crippen LogP) is 2.92. The van der Waals surface area contributed by atoms with E-state index in [2.05, 4.69) is 31.9 Å². The monoisotopic (exact) mass is 455 g/mol. The molecule has 0 saturated heterocycles. The number of carbonyl (C=O) groups is 3. The highest BCUT2D eigenvalue weighted by Gasteiger charge is 2.15. The lowest BCUT2D eigenvalue weighted by atomic mass is 10.1. The molecule has 0 heterocycles. The van der Waals surface area contributed by atoms with Crippen LogP contribution in [0.3, 0.4) is 0 Å². The van der Waals surface area contributed by atoms with Crippen LogP contribution in [0, 0.1) is 0 Å². The summed E-state index contributed by atoms with van der Waals surface area (Å²) in [5, 5.41) is 8.14. The van der Waals surface area contributed by atoms with Crippen molar-refractivity contribution in [2.45, 2.75) is 52.1 Å². The van der Waals surface area contributed by atoms with Crippen molar-refractivity contribution in [3.8, 4) is 0 Å². The highest BCUT2D eigenvalue weighted by atomic mass is 79.9. The normalized spacial score (nSPS) is 10.9. The molecule has 28 heavy (non-hydrogen) atoms. The largest absolute Gasteiger partial charge is 0.444 e. The van der Waals surface area contributed by atoms with E-state index in [-0.39, 0.29) is 24.8 Å². The Balaban J connectivity index is 2.02. The highest BCUT2D eigenvalue weighted by Crippen LogP contribution is 2.11. The molecule has 0 spiro atoms. The first kappa shape index (κ1) is 23.9. The topological polar surface area (TPSA) is 96.5 Å². The van der Waals surface area contributed by atoms with E-state index in [0.717, 1.165) is 10.0 Å². The molecule has 7 nitrogen and oxygen atoms in total. The molecule has 156 valence electrons. The average Bonchev–Trinajstić information content (AvgIpc) is 2.59. The zero-order valence-corrected chi connectivity index (χ0v) is 18.4. The second-order valence-electron chi connectivity index (χ2n) is 7.36. The molecular formula is C20H30BrN3O4. The maximum absolute atomic E-state index is 11.8. The van der Waals surface area contributed by atoms with Gasteiger partial charge < -0.3 is 20.7 Å². The van der Waals surface area contributed by atoms with Gasteiger partial charge in [-0.1, -0.05) is 28.1 Å². The van der Waals surface area contributed by atoms with Crippen molar-refractivity contribution < 1.29 is 19.1 Å². The fourth-order valence-corrected chi connectivity index (χ4v) is 2.49. The smallest absolute Gasteiger partial charge is 0.407 e. The lowest BCUT2D eigenvalue weighted by molar-refractivity contribution is -0.121. The average molecular weight is 456 g/mol. The minimum absolute atomic E-state index is 0.00388. The van der Waals surface area contributed by atoms with Crippen LogP contribution in [0.2, 0.25) is 0 Å². The molecule has 0 unspecified atom stereocenters. The van der Waals surface area contributed by atoms with Crippen LogP contribution in [0.1, 0.15) is 45.6 Å². The fourth-order valence-electron chi connectivity index (χ4n) is 2.22. The van der Waals surface area contributed by atoms with Crippen molar-refractivity contribution in [1.82, 2.24) is 16.0 Å². The van der Waals surface area contributed by atoms with E-state index in [1.54, 1.807) is 20.8 Å². The number of hydrogen-bond donors (Lipinski definition) is 3. The summed E-state index contributed by atoms with van der Waals surface area (Å²) in [6.45, 7) is 6.53. The Labute approximate surface area is 175 Å². The Bertz CT molecular complexity index is 642. The standard InChI is InChI=1S/C20H30BrN3O4/c1-20(2,3)28-19(27)24-14-11-18(26)23-13-4-12-22-17(25)10-7-15-5-8-16(21)9-6-15/h5-6,8-9H,4,7,10-14H2,1-3H3,(H,22,25)(H,23,26)(H,24,27). The van der Waals surface area contributed by atoms with E-state index in [1.165, 1.54) is 0 Å². The van der Waals surface area contributed by atoms with Crippen LogP contribution < -0.4 is 16.0 Å². The van der Waals surface area contributed by atoms with Crippen LogP contribution in [0.5, 0.6) is 0 Å². The molecule has 0 aromatic heterocycles. The third-order valence-corrected chi connectivity index (χ3v) is 4.10. The molecule has 0 atom stereocenters. The first-order valence-corrected chi connectivity index (χ1v) is 10.2. The van der Waals surface area contributed by atoms with E-state index in [9.17, 15) is 14.4 Å². The number of halogens is 1. The number of hydrogen-bond acceptors (Lipinski definition) is 4. The summed E-state index contributed by atoms with van der Waals surface area (Å²) in [5.74, 6) is -0.159. The van der Waals surface area contributed by atoms with Gasteiger partial charge in [0.15, 0.2) is 0 Å². The molecule has 0 fully saturated rings. The van der Waals surface area contributed by atoms with Crippen LogP contribution in [0.4, 0.5) is 4.79 Å². The molecule has 0 saturated carbocycles. The van der Waals surface area contributed by atoms with Gasteiger partial charge in [-0.05, 0) is 51.3 Å². The van der Waals surface area contributed by atoms with Crippen molar-refractivity contribution in [3.63, 3.8) is 0 Å². The second kappa shape index (κ2) is 12.4. The van der Waals surface area contributed by atoms with E-state index in [1.807, 2.05) is 24.3 Å². The number of nitrogens with one attached hydrogen (secondary N) is 3. The molecule has 8 heteroatoms. The number of alkyl carbamates (subject to hydrolysis) is 1. The highest BCUT2D eigenvalue weighted by molar-refractivity contribution is 9.10.